The normalized spacial score (nSPS) is 34.3. The second-order valence-corrected chi connectivity index (χ2v) is 19.2. The topological polar surface area (TPSA) is 174 Å². The third kappa shape index (κ3) is 8.11. The van der Waals surface area contributed by atoms with E-state index in [0.717, 1.165) is 77.0 Å². The zero-order valence-electron chi connectivity index (χ0n) is 30.8. The summed E-state index contributed by atoms with van der Waals surface area (Å²) in [5.41, 5.74) is -1.09. The molecule has 6 aliphatic rings. The molecule has 4 N–H and O–H groups in total. The van der Waals surface area contributed by atoms with Gasteiger partial charge in [-0.1, -0.05) is 84.5 Å². The molecule has 0 aromatic carbocycles. The van der Waals surface area contributed by atoms with Crippen LogP contribution in [0.2, 0.25) is 0 Å². The number of amides is 5. The van der Waals surface area contributed by atoms with Crippen molar-refractivity contribution < 1.29 is 32.4 Å². The van der Waals surface area contributed by atoms with Crippen LogP contribution in [-0.4, -0.2) is 102 Å². The first kappa shape index (κ1) is 38.0. The average Bonchev–Trinajstić information content (AvgIpc) is 3.89. The number of rotatable bonds is 6. The van der Waals surface area contributed by atoms with Gasteiger partial charge in [0.2, 0.25) is 27.6 Å². The van der Waals surface area contributed by atoms with Gasteiger partial charge in [0.15, 0.2) is 0 Å². The van der Waals surface area contributed by atoms with E-state index < -0.39 is 62.6 Å². The van der Waals surface area contributed by atoms with E-state index >= 15 is 0 Å². The second kappa shape index (κ2) is 15.3. The molecule has 14 heteroatoms. The van der Waals surface area contributed by atoms with Gasteiger partial charge in [0.1, 0.15) is 12.1 Å². The summed E-state index contributed by atoms with van der Waals surface area (Å²) < 4.78 is 28.1. The van der Waals surface area contributed by atoms with Crippen LogP contribution >= 0.6 is 0 Å². The fourth-order valence-corrected chi connectivity index (χ4v) is 11.7. The zero-order valence-corrected chi connectivity index (χ0v) is 31.7. The van der Waals surface area contributed by atoms with E-state index in [9.17, 15) is 32.4 Å². The Balaban J connectivity index is 1.22. The largest absolute Gasteiger partial charge is 0.347 e. The van der Waals surface area contributed by atoms with Crippen LogP contribution in [0.25, 0.3) is 0 Å². The lowest BCUT2D eigenvalue weighted by Gasteiger charge is -2.42. The number of Topliss-reactive ketones (excluding diaryl/α,β-unsaturated/α-hetero) is 1. The van der Waals surface area contributed by atoms with Gasteiger partial charge in [-0.25, -0.2) is 17.5 Å². The molecule has 13 nitrogen and oxygen atoms in total. The molecule has 3 heterocycles. The summed E-state index contributed by atoms with van der Waals surface area (Å²) in [4.78, 5) is 70.5. The summed E-state index contributed by atoms with van der Waals surface area (Å²) >= 11 is 0. The van der Waals surface area contributed by atoms with Crippen molar-refractivity contribution >= 4 is 39.6 Å². The molecule has 51 heavy (non-hydrogen) atoms. The van der Waals surface area contributed by atoms with Gasteiger partial charge < -0.3 is 26.2 Å². The minimum absolute atomic E-state index is 0.0155. The minimum atomic E-state index is -3.58. The Morgan fingerprint density at radius 1 is 0.804 bits per heavy atom. The Bertz CT molecular complexity index is 1460. The van der Waals surface area contributed by atoms with Crippen molar-refractivity contribution in [2.75, 3.05) is 20.1 Å². The molecule has 1 unspecified atom stereocenters. The summed E-state index contributed by atoms with van der Waals surface area (Å²) in [6.45, 7) is 4.96. The molecule has 0 aromatic rings. The molecule has 3 saturated heterocycles. The van der Waals surface area contributed by atoms with Crippen molar-refractivity contribution in [1.29, 1.82) is 0 Å². The van der Waals surface area contributed by atoms with Crippen molar-refractivity contribution in [3.8, 4) is 0 Å². The molecule has 3 aliphatic carbocycles. The molecule has 3 saturated carbocycles. The van der Waals surface area contributed by atoms with Crippen LogP contribution in [0.15, 0.2) is 0 Å². The maximum Gasteiger partial charge on any atom is 0.315 e. The fourth-order valence-electron chi connectivity index (χ4n) is 9.68. The molecule has 3 aliphatic heterocycles. The van der Waals surface area contributed by atoms with Gasteiger partial charge in [-0.05, 0) is 62.2 Å². The summed E-state index contributed by atoms with van der Waals surface area (Å²) in [6, 6.07) is -3.24. The molecular formula is C37H60N6O7S. The number of sulfonamides is 1. The maximum atomic E-state index is 14.5. The molecule has 286 valence electrons. The van der Waals surface area contributed by atoms with Crippen LogP contribution in [0.5, 0.6) is 0 Å². The van der Waals surface area contributed by atoms with Crippen LogP contribution in [0.4, 0.5) is 4.79 Å². The first-order valence-corrected chi connectivity index (χ1v) is 21.3. The third-order valence-corrected chi connectivity index (χ3v) is 15.6. The molecular weight excluding hydrogens is 673 g/mol. The van der Waals surface area contributed by atoms with Gasteiger partial charge in [-0.2, -0.15) is 0 Å². The highest BCUT2D eigenvalue weighted by atomic mass is 32.2. The van der Waals surface area contributed by atoms with E-state index in [4.69, 9.17) is 0 Å². The number of carbonyl (C=O) groups is 5. The standard InChI is InChI=1S/C37H60N6O7S/c1-36(2)25-23-43-30(29(25)36)32(45)39-26(31(44)33(46)38-24-17-18-24)15-11-8-6-4-5-7-9-12-16-27(34(43)47)40-35(48)41-37(20-13-10-14-21-37)28-19-22-42(3)51(28,49)50/h24-30H,4-23H2,1-3H3,(H,38,46)(H,39,45)(H2,40,41,48)/t25-,26-,27-,28-,29-,30?/m0/s1. The van der Waals surface area contributed by atoms with Crippen molar-refractivity contribution in [3.63, 3.8) is 0 Å². The van der Waals surface area contributed by atoms with Gasteiger partial charge in [-0.3, -0.25) is 19.2 Å². The maximum absolute atomic E-state index is 14.5. The Morgan fingerprint density at radius 2 is 1.41 bits per heavy atom. The van der Waals surface area contributed by atoms with Crippen molar-refractivity contribution in [2.24, 2.45) is 17.3 Å². The lowest BCUT2D eigenvalue weighted by Crippen LogP contribution is -2.63. The average molecular weight is 733 g/mol. The number of hydrogen-bond donors (Lipinski definition) is 4. The van der Waals surface area contributed by atoms with Crippen molar-refractivity contribution in [3.05, 3.63) is 0 Å². The predicted molar refractivity (Wildman–Crippen MR) is 192 cm³/mol. The second-order valence-electron chi connectivity index (χ2n) is 17.0. The van der Waals surface area contributed by atoms with Crippen molar-refractivity contribution in [2.45, 2.75) is 164 Å². The number of piperidine rings is 1. The van der Waals surface area contributed by atoms with E-state index in [1.54, 1.807) is 11.9 Å². The lowest BCUT2D eigenvalue weighted by molar-refractivity contribution is -0.144. The number of carbonyl (C=O) groups excluding carboxylic acids is 5. The van der Waals surface area contributed by atoms with E-state index in [-0.39, 0.29) is 29.2 Å². The molecule has 6 fully saturated rings. The predicted octanol–water partition coefficient (Wildman–Crippen LogP) is 3.12. The molecule has 0 aromatic heterocycles. The molecule has 0 radical (unpaired) electrons. The number of hydrogen-bond acceptors (Lipinski definition) is 7. The minimum Gasteiger partial charge on any atom is -0.347 e. The van der Waals surface area contributed by atoms with E-state index in [2.05, 4.69) is 35.1 Å². The highest BCUT2D eigenvalue weighted by molar-refractivity contribution is 7.90. The first-order chi connectivity index (χ1) is 24.3. The highest BCUT2D eigenvalue weighted by Crippen LogP contribution is 2.65. The summed E-state index contributed by atoms with van der Waals surface area (Å²) in [6.07, 6.45) is 13.9. The molecule has 6 atom stereocenters. The SMILES string of the molecule is CN1CC[C@@H](C2(NC(=O)N[C@H]3CCCCCCCCCC[C@@H](C(=O)C(=O)NC4CC4)NC(=O)C4[C@@H]5[C@H](CN4C3=O)C5(C)C)CCCCC2)S1(=O)=O. The highest BCUT2D eigenvalue weighted by Gasteiger charge is 2.69. The van der Waals surface area contributed by atoms with Crippen LogP contribution in [0, 0.1) is 17.3 Å². The van der Waals surface area contributed by atoms with Crippen LogP contribution in [-0.2, 0) is 29.2 Å². The number of ketones is 1. The van der Waals surface area contributed by atoms with Gasteiger partial charge in [0, 0.05) is 26.2 Å². The Hall–Kier alpha value is -2.74. The third-order valence-electron chi connectivity index (χ3n) is 13.1. The fraction of sp³-hybridized carbons (Fsp3) is 0.865. The lowest BCUT2D eigenvalue weighted by atomic mass is 9.78. The summed E-state index contributed by atoms with van der Waals surface area (Å²) in [5.74, 6) is -2.08. The Kier molecular flexibility index (Phi) is 11.4. The smallest absolute Gasteiger partial charge is 0.315 e. The number of urea groups is 1. The Labute approximate surface area is 303 Å². The van der Waals surface area contributed by atoms with E-state index in [1.807, 2.05) is 0 Å². The number of fused-ring (bicyclic) bond motifs is 3. The van der Waals surface area contributed by atoms with Crippen LogP contribution in [0.1, 0.15) is 129 Å². The van der Waals surface area contributed by atoms with Crippen molar-refractivity contribution in [1.82, 2.24) is 30.5 Å². The summed E-state index contributed by atoms with van der Waals surface area (Å²) in [7, 11) is -2.00. The van der Waals surface area contributed by atoms with Gasteiger partial charge in [0.05, 0.1) is 16.8 Å². The first-order valence-electron chi connectivity index (χ1n) is 19.8. The number of nitrogens with one attached hydrogen (secondary N) is 4. The van der Waals surface area contributed by atoms with Crippen LogP contribution < -0.4 is 21.3 Å². The van der Waals surface area contributed by atoms with Gasteiger partial charge in [-0.15, -0.1) is 0 Å². The quantitative estimate of drug-likeness (QED) is 0.304. The molecule has 0 bridgehead atoms. The molecule has 0 spiro atoms. The van der Waals surface area contributed by atoms with Gasteiger partial charge in [0.25, 0.3) is 5.91 Å². The summed E-state index contributed by atoms with van der Waals surface area (Å²) in [5, 5.41) is 11.1. The monoisotopic (exact) mass is 732 g/mol. The van der Waals surface area contributed by atoms with Crippen LogP contribution in [0.3, 0.4) is 0 Å². The number of nitrogens with zero attached hydrogens (tertiary/aromatic N) is 2. The van der Waals surface area contributed by atoms with Gasteiger partial charge >= 0.3 is 6.03 Å². The van der Waals surface area contributed by atoms with E-state index in [1.165, 1.54) is 4.31 Å². The van der Waals surface area contributed by atoms with E-state index in [0.29, 0.717) is 51.6 Å². The zero-order chi connectivity index (χ0) is 36.6. The molecule has 6 rings (SSSR count). The molecule has 5 amide bonds. The Morgan fingerprint density at radius 3 is 2.02 bits per heavy atom.